The predicted molar refractivity (Wildman–Crippen MR) is 141 cm³/mol. The van der Waals surface area contributed by atoms with Gasteiger partial charge in [-0.2, -0.15) is 0 Å². The molecule has 0 aliphatic heterocycles. The molecule has 1 saturated carbocycles. The molecule has 1 fully saturated rings. The first-order valence-corrected chi connectivity index (χ1v) is 12.5. The van der Waals surface area contributed by atoms with Crippen LogP contribution >= 0.6 is 11.6 Å². The Bertz CT molecular complexity index is 1200. The molecule has 0 unspecified atom stereocenters. The van der Waals surface area contributed by atoms with Gasteiger partial charge in [0, 0.05) is 30.1 Å². The lowest BCUT2D eigenvalue weighted by molar-refractivity contribution is -0.121. The van der Waals surface area contributed by atoms with Crippen molar-refractivity contribution in [3.63, 3.8) is 0 Å². The first kappa shape index (κ1) is 25.9. The zero-order valence-electron chi connectivity index (χ0n) is 20.8. The Morgan fingerprint density at radius 2 is 1.92 bits per heavy atom. The van der Waals surface area contributed by atoms with E-state index in [-0.39, 0.29) is 17.6 Å². The number of hydrogen-bond acceptors (Lipinski definition) is 7. The number of anilines is 2. The largest absolute Gasteiger partial charge is 0.492 e. The van der Waals surface area contributed by atoms with Crippen LogP contribution in [0.2, 0.25) is 5.02 Å². The van der Waals surface area contributed by atoms with Crippen LogP contribution in [-0.4, -0.2) is 62.0 Å². The van der Waals surface area contributed by atoms with E-state index in [0.717, 1.165) is 25.7 Å². The van der Waals surface area contributed by atoms with E-state index in [4.69, 9.17) is 20.8 Å². The number of furan rings is 1. The Morgan fingerprint density at radius 1 is 1.14 bits per heavy atom. The van der Waals surface area contributed by atoms with Crippen molar-refractivity contribution in [1.82, 2.24) is 15.2 Å². The lowest BCUT2D eigenvalue weighted by Crippen LogP contribution is -2.35. The molecule has 0 atom stereocenters. The molecule has 0 saturated heterocycles. The number of halogens is 1. The summed E-state index contributed by atoms with van der Waals surface area (Å²) in [6.07, 6.45) is 4.93. The summed E-state index contributed by atoms with van der Waals surface area (Å²) in [6.45, 7) is 1.16. The third-order valence-corrected chi connectivity index (χ3v) is 6.73. The maximum Gasteiger partial charge on any atom is 0.294 e. The number of hydrogen-bond donors (Lipinski definition) is 3. The quantitative estimate of drug-likeness (QED) is 0.364. The molecule has 0 radical (unpaired) electrons. The van der Waals surface area contributed by atoms with Crippen molar-refractivity contribution in [1.29, 1.82) is 0 Å². The van der Waals surface area contributed by atoms with E-state index < -0.39 is 5.91 Å². The summed E-state index contributed by atoms with van der Waals surface area (Å²) in [6, 6.07) is 9.00. The Labute approximate surface area is 215 Å². The molecule has 10 heteroatoms. The lowest BCUT2D eigenvalue weighted by Gasteiger charge is -2.31. The zero-order valence-corrected chi connectivity index (χ0v) is 21.5. The molecule has 2 heterocycles. The van der Waals surface area contributed by atoms with Crippen molar-refractivity contribution in [2.75, 3.05) is 44.9 Å². The number of benzene rings is 1. The van der Waals surface area contributed by atoms with E-state index in [9.17, 15) is 9.59 Å². The zero-order chi connectivity index (χ0) is 25.7. The first-order chi connectivity index (χ1) is 17.4. The number of nitrogens with zero attached hydrogens (tertiary/aromatic N) is 2. The van der Waals surface area contributed by atoms with Gasteiger partial charge in [0.1, 0.15) is 29.4 Å². The highest BCUT2D eigenvalue weighted by Crippen LogP contribution is 2.36. The monoisotopic (exact) mass is 513 g/mol. The van der Waals surface area contributed by atoms with Gasteiger partial charge < -0.3 is 30.0 Å². The van der Waals surface area contributed by atoms with Gasteiger partial charge in [-0.3, -0.25) is 9.59 Å². The number of pyridine rings is 1. The Hall–Kier alpha value is -3.14. The van der Waals surface area contributed by atoms with Crippen LogP contribution in [0.3, 0.4) is 0 Å². The van der Waals surface area contributed by atoms with Crippen LogP contribution in [-0.2, 0) is 4.79 Å². The molecule has 4 rings (SSSR count). The molecule has 0 bridgehead atoms. The van der Waals surface area contributed by atoms with E-state index in [0.29, 0.717) is 52.4 Å². The molecule has 192 valence electrons. The number of amides is 2. The van der Waals surface area contributed by atoms with Crippen molar-refractivity contribution in [2.45, 2.75) is 31.7 Å². The molecule has 3 N–H and O–H groups in total. The average molecular weight is 514 g/mol. The fourth-order valence-corrected chi connectivity index (χ4v) is 4.54. The van der Waals surface area contributed by atoms with E-state index in [1.54, 1.807) is 30.3 Å². The average Bonchev–Trinajstić information content (AvgIpc) is 3.23. The molecule has 2 aromatic heterocycles. The second-order valence-corrected chi connectivity index (χ2v) is 9.63. The number of carbonyl (C=O) groups excluding carboxylic acids is 2. The molecule has 1 aliphatic carbocycles. The normalized spacial score (nSPS) is 17.8. The lowest BCUT2D eigenvalue weighted by atomic mass is 9.85. The van der Waals surface area contributed by atoms with Crippen LogP contribution in [0, 0.1) is 5.92 Å². The van der Waals surface area contributed by atoms with Crippen LogP contribution in [0.5, 0.6) is 5.75 Å². The van der Waals surface area contributed by atoms with Gasteiger partial charge >= 0.3 is 0 Å². The van der Waals surface area contributed by atoms with Crippen molar-refractivity contribution in [3.8, 4) is 5.75 Å². The molecule has 0 spiro atoms. The summed E-state index contributed by atoms with van der Waals surface area (Å²) in [7, 11) is 5.99. The fourth-order valence-electron chi connectivity index (χ4n) is 4.42. The van der Waals surface area contributed by atoms with Crippen molar-refractivity contribution in [3.05, 3.63) is 47.3 Å². The Morgan fingerprint density at radius 3 is 2.58 bits per heavy atom. The summed E-state index contributed by atoms with van der Waals surface area (Å²) in [5, 5.41) is 9.81. The van der Waals surface area contributed by atoms with Gasteiger partial charge in [0.15, 0.2) is 0 Å². The van der Waals surface area contributed by atoms with Crippen LogP contribution in [0.4, 0.5) is 11.5 Å². The molecule has 2 amide bonds. The molecular weight excluding hydrogens is 482 g/mol. The topological polar surface area (TPSA) is 109 Å². The smallest absolute Gasteiger partial charge is 0.294 e. The second-order valence-electron chi connectivity index (χ2n) is 9.19. The maximum atomic E-state index is 13.3. The minimum absolute atomic E-state index is 0.00412. The molecule has 1 aliphatic rings. The van der Waals surface area contributed by atoms with Crippen molar-refractivity contribution in [2.24, 2.45) is 5.92 Å². The number of fused-ring (bicyclic) bond motifs is 1. The summed E-state index contributed by atoms with van der Waals surface area (Å²) >= 11 is 5.90. The highest BCUT2D eigenvalue weighted by atomic mass is 35.5. The predicted octanol–water partition coefficient (Wildman–Crippen LogP) is 4.39. The number of nitrogens with one attached hydrogen (secondary N) is 3. The highest BCUT2D eigenvalue weighted by Gasteiger charge is 2.30. The maximum absolute atomic E-state index is 13.3. The van der Waals surface area contributed by atoms with Gasteiger partial charge in [-0.25, -0.2) is 4.98 Å². The highest BCUT2D eigenvalue weighted by molar-refractivity contribution is 6.30. The van der Waals surface area contributed by atoms with Gasteiger partial charge in [-0.1, -0.05) is 11.6 Å². The number of carbonyl (C=O) groups is 2. The van der Waals surface area contributed by atoms with E-state index in [1.165, 1.54) is 6.20 Å². The van der Waals surface area contributed by atoms with Gasteiger partial charge in [-0.05, 0) is 77.2 Å². The van der Waals surface area contributed by atoms with Gasteiger partial charge in [0.05, 0.1) is 5.02 Å². The van der Waals surface area contributed by atoms with Gasteiger partial charge in [-0.15, -0.1) is 0 Å². The van der Waals surface area contributed by atoms with Crippen LogP contribution in [0.15, 0.2) is 40.9 Å². The summed E-state index contributed by atoms with van der Waals surface area (Å²) in [5.74, 6) is 0.173. The third-order valence-electron chi connectivity index (χ3n) is 6.50. The second kappa shape index (κ2) is 11.7. The SMILES string of the molecule is CNCCOc1ccc2oc(C(=O)Nc3ccc(Cl)cn3)c(NC(=O)[C@H]3CC[C@H](N(C)C)CC3)c2c1. The third kappa shape index (κ3) is 6.16. The van der Waals surface area contributed by atoms with E-state index in [2.05, 4.69) is 39.9 Å². The molecule has 9 nitrogen and oxygen atoms in total. The standard InChI is InChI=1S/C26H32ClN5O4/c1-28-12-13-35-19-9-10-21-20(14-19)23(31-25(33)16-4-7-18(8-5-16)32(2)3)24(36-21)26(34)30-22-11-6-17(27)15-29-22/h6,9-11,14-16,18,28H,4-5,7-8,12-13H2,1-3H3,(H,31,33)(H,29,30,34)/t16-,18-. The molecular formula is C26H32ClN5O4. The molecule has 1 aromatic carbocycles. The molecule has 36 heavy (non-hydrogen) atoms. The Balaban J connectivity index is 1.61. The van der Waals surface area contributed by atoms with Gasteiger partial charge in [0.25, 0.3) is 5.91 Å². The van der Waals surface area contributed by atoms with E-state index in [1.807, 2.05) is 7.05 Å². The van der Waals surface area contributed by atoms with Crippen LogP contribution in [0.1, 0.15) is 36.2 Å². The van der Waals surface area contributed by atoms with Crippen molar-refractivity contribution < 1.29 is 18.7 Å². The van der Waals surface area contributed by atoms with E-state index >= 15 is 0 Å². The first-order valence-electron chi connectivity index (χ1n) is 12.1. The molecule has 3 aromatic rings. The number of ether oxygens (including phenoxy) is 1. The summed E-state index contributed by atoms with van der Waals surface area (Å²) in [5.41, 5.74) is 0.798. The minimum atomic E-state index is -0.523. The minimum Gasteiger partial charge on any atom is -0.492 e. The number of aromatic nitrogens is 1. The van der Waals surface area contributed by atoms with Crippen molar-refractivity contribution >= 4 is 45.9 Å². The van der Waals surface area contributed by atoms with Gasteiger partial charge in [0.2, 0.25) is 11.7 Å². The summed E-state index contributed by atoms with van der Waals surface area (Å²) in [4.78, 5) is 32.8. The van der Waals surface area contributed by atoms with Crippen LogP contribution in [0.25, 0.3) is 11.0 Å². The van der Waals surface area contributed by atoms with Crippen LogP contribution < -0.4 is 20.7 Å². The number of rotatable bonds is 9. The number of likely N-dealkylation sites (N-methyl/N-ethyl adjacent to an activating group) is 1. The fraction of sp³-hybridized carbons (Fsp3) is 0.423. The summed E-state index contributed by atoms with van der Waals surface area (Å²) < 4.78 is 11.7. The Kier molecular flexibility index (Phi) is 8.45.